The van der Waals surface area contributed by atoms with Crippen molar-refractivity contribution in [3.05, 3.63) is 51.1 Å². The van der Waals surface area contributed by atoms with Crippen molar-refractivity contribution in [1.82, 2.24) is 14.8 Å². The maximum absolute atomic E-state index is 12.4. The van der Waals surface area contributed by atoms with E-state index in [2.05, 4.69) is 31.4 Å². The van der Waals surface area contributed by atoms with E-state index in [4.69, 9.17) is 9.47 Å². The van der Waals surface area contributed by atoms with E-state index in [0.717, 1.165) is 21.5 Å². The standard InChI is InChI=1S/C20H21BrN4O4S2/c1-4-14-9-15(19(27)28-3)18(31-14)22-17(26)11-30-20-24-23-16(25(20)2)10-29-13-7-5-12(21)6-8-13/h5-9H,4,10-11H2,1-3H3,(H,22,26). The molecule has 1 aromatic carbocycles. The monoisotopic (exact) mass is 524 g/mol. The number of hydrogen-bond acceptors (Lipinski definition) is 8. The zero-order valence-corrected chi connectivity index (χ0v) is 20.4. The molecule has 2 aromatic heterocycles. The second-order valence-corrected chi connectivity index (χ2v) is 9.33. The van der Waals surface area contributed by atoms with Gasteiger partial charge in [-0.05, 0) is 36.8 Å². The summed E-state index contributed by atoms with van der Waals surface area (Å²) >= 11 is 6.01. The molecule has 1 N–H and O–H groups in total. The van der Waals surface area contributed by atoms with Gasteiger partial charge in [-0.1, -0.05) is 34.6 Å². The Morgan fingerprint density at radius 3 is 2.68 bits per heavy atom. The number of rotatable bonds is 9. The van der Waals surface area contributed by atoms with E-state index in [1.807, 2.05) is 38.2 Å². The highest BCUT2D eigenvalue weighted by molar-refractivity contribution is 9.10. The smallest absolute Gasteiger partial charge is 0.340 e. The lowest BCUT2D eigenvalue weighted by molar-refractivity contribution is -0.113. The normalized spacial score (nSPS) is 10.7. The number of esters is 1. The number of nitrogens with one attached hydrogen (secondary N) is 1. The lowest BCUT2D eigenvalue weighted by Gasteiger charge is -2.07. The number of thioether (sulfide) groups is 1. The quantitative estimate of drug-likeness (QED) is 0.329. The third-order valence-electron chi connectivity index (χ3n) is 4.23. The van der Waals surface area contributed by atoms with Gasteiger partial charge in [-0.3, -0.25) is 4.79 Å². The molecule has 0 saturated carbocycles. The van der Waals surface area contributed by atoms with Gasteiger partial charge in [0.05, 0.1) is 18.4 Å². The molecule has 0 unspecified atom stereocenters. The maximum atomic E-state index is 12.4. The number of halogens is 1. The molecule has 0 fully saturated rings. The zero-order chi connectivity index (χ0) is 22.4. The van der Waals surface area contributed by atoms with Gasteiger partial charge in [-0.25, -0.2) is 4.79 Å². The van der Waals surface area contributed by atoms with Crippen LogP contribution in [0.3, 0.4) is 0 Å². The largest absolute Gasteiger partial charge is 0.486 e. The SMILES string of the molecule is CCc1cc(C(=O)OC)c(NC(=O)CSc2nnc(COc3ccc(Br)cc3)n2C)s1. The third kappa shape index (κ3) is 6.08. The van der Waals surface area contributed by atoms with Crippen LogP contribution in [-0.2, 0) is 29.6 Å². The lowest BCUT2D eigenvalue weighted by atomic mass is 10.2. The first-order valence-electron chi connectivity index (χ1n) is 9.31. The van der Waals surface area contributed by atoms with E-state index in [1.54, 1.807) is 10.6 Å². The highest BCUT2D eigenvalue weighted by Crippen LogP contribution is 2.29. The van der Waals surface area contributed by atoms with Gasteiger partial charge in [0, 0.05) is 16.4 Å². The van der Waals surface area contributed by atoms with E-state index in [-0.39, 0.29) is 18.3 Å². The first kappa shape index (κ1) is 23.3. The second-order valence-electron chi connectivity index (χ2n) is 6.34. The molecule has 3 aromatic rings. The number of hydrogen-bond donors (Lipinski definition) is 1. The fraction of sp³-hybridized carbons (Fsp3) is 0.300. The van der Waals surface area contributed by atoms with Crippen molar-refractivity contribution in [1.29, 1.82) is 0 Å². The average Bonchev–Trinajstić information content (AvgIpc) is 3.34. The summed E-state index contributed by atoms with van der Waals surface area (Å²) in [5, 5.41) is 12.2. The Bertz CT molecular complexity index is 1070. The Balaban J connectivity index is 1.57. The number of aryl methyl sites for hydroxylation is 1. The van der Waals surface area contributed by atoms with Crippen LogP contribution in [0.2, 0.25) is 0 Å². The van der Waals surface area contributed by atoms with Crippen molar-refractivity contribution in [3.63, 3.8) is 0 Å². The number of nitrogens with zero attached hydrogens (tertiary/aromatic N) is 3. The van der Waals surface area contributed by atoms with Gasteiger partial charge in [0.25, 0.3) is 0 Å². The summed E-state index contributed by atoms with van der Waals surface area (Å²) < 4.78 is 13.3. The van der Waals surface area contributed by atoms with Crippen LogP contribution in [0.1, 0.15) is 28.0 Å². The van der Waals surface area contributed by atoms with Crippen molar-refractivity contribution in [2.45, 2.75) is 25.1 Å². The average molecular weight is 525 g/mol. The van der Waals surface area contributed by atoms with Gasteiger partial charge in [-0.2, -0.15) is 0 Å². The predicted octanol–water partition coefficient (Wildman–Crippen LogP) is 4.30. The summed E-state index contributed by atoms with van der Waals surface area (Å²) in [6.07, 6.45) is 0.767. The number of amides is 1. The predicted molar refractivity (Wildman–Crippen MR) is 124 cm³/mol. The lowest BCUT2D eigenvalue weighted by Crippen LogP contribution is -2.16. The van der Waals surface area contributed by atoms with Crippen molar-refractivity contribution < 1.29 is 19.1 Å². The van der Waals surface area contributed by atoms with Crippen molar-refractivity contribution in [3.8, 4) is 5.75 Å². The molecule has 0 atom stereocenters. The Labute approximate surface area is 196 Å². The third-order valence-corrected chi connectivity index (χ3v) is 6.97. The summed E-state index contributed by atoms with van der Waals surface area (Å²) in [5.74, 6) is 0.783. The minimum absolute atomic E-state index is 0.125. The van der Waals surface area contributed by atoms with Crippen LogP contribution < -0.4 is 10.1 Å². The van der Waals surface area contributed by atoms with Crippen LogP contribution in [0.25, 0.3) is 0 Å². The summed E-state index contributed by atoms with van der Waals surface area (Å²) in [6.45, 7) is 2.25. The number of carbonyl (C=O) groups excluding carboxylic acids is 2. The maximum Gasteiger partial charge on any atom is 0.340 e. The molecule has 8 nitrogen and oxygen atoms in total. The molecule has 1 amide bonds. The van der Waals surface area contributed by atoms with Gasteiger partial charge in [0.2, 0.25) is 5.91 Å². The summed E-state index contributed by atoms with van der Waals surface area (Å²) in [6, 6.07) is 9.26. The van der Waals surface area contributed by atoms with E-state index < -0.39 is 5.97 Å². The Hall–Kier alpha value is -2.37. The van der Waals surface area contributed by atoms with Crippen molar-refractivity contribution >= 4 is 55.9 Å². The highest BCUT2D eigenvalue weighted by atomic mass is 79.9. The molecule has 0 aliphatic carbocycles. The fourth-order valence-corrected chi connectivity index (χ4v) is 4.53. The van der Waals surface area contributed by atoms with E-state index in [1.165, 1.54) is 30.2 Å². The first-order chi connectivity index (χ1) is 14.9. The number of carbonyl (C=O) groups is 2. The molecule has 164 valence electrons. The molecule has 0 aliphatic rings. The Morgan fingerprint density at radius 2 is 2.00 bits per heavy atom. The minimum Gasteiger partial charge on any atom is -0.486 e. The number of thiophene rings is 1. The topological polar surface area (TPSA) is 95.3 Å². The van der Waals surface area contributed by atoms with Crippen LogP contribution in [-0.4, -0.2) is 39.5 Å². The zero-order valence-electron chi connectivity index (χ0n) is 17.2. The number of anilines is 1. The van der Waals surface area contributed by atoms with Crippen LogP contribution in [0.5, 0.6) is 5.75 Å². The molecule has 3 rings (SSSR count). The van der Waals surface area contributed by atoms with Crippen LogP contribution in [0, 0.1) is 0 Å². The molecular formula is C20H21BrN4O4S2. The molecule has 0 radical (unpaired) electrons. The van der Waals surface area contributed by atoms with Crippen LogP contribution in [0.4, 0.5) is 5.00 Å². The van der Waals surface area contributed by atoms with Crippen LogP contribution in [0.15, 0.2) is 40.0 Å². The molecule has 0 aliphatic heterocycles. The Kier molecular flexibility index (Phi) is 8.10. The number of aromatic nitrogens is 3. The first-order valence-corrected chi connectivity index (χ1v) is 11.9. The van der Waals surface area contributed by atoms with E-state index >= 15 is 0 Å². The molecule has 11 heteroatoms. The van der Waals surface area contributed by atoms with Gasteiger partial charge < -0.3 is 19.4 Å². The summed E-state index contributed by atoms with van der Waals surface area (Å²) in [4.78, 5) is 25.4. The molecule has 31 heavy (non-hydrogen) atoms. The van der Waals surface area contributed by atoms with E-state index in [9.17, 15) is 9.59 Å². The number of methoxy groups -OCH3 is 1. The molecule has 0 bridgehead atoms. The van der Waals surface area contributed by atoms with Gasteiger partial charge in [-0.15, -0.1) is 21.5 Å². The minimum atomic E-state index is -0.470. The molecule has 0 saturated heterocycles. The van der Waals surface area contributed by atoms with Crippen LogP contribution >= 0.6 is 39.0 Å². The molecule has 0 spiro atoms. The van der Waals surface area contributed by atoms with Gasteiger partial charge in [0.15, 0.2) is 11.0 Å². The van der Waals surface area contributed by atoms with Gasteiger partial charge >= 0.3 is 5.97 Å². The second kappa shape index (κ2) is 10.8. The fourth-order valence-electron chi connectivity index (χ4n) is 2.54. The number of ether oxygens (including phenoxy) is 2. The van der Waals surface area contributed by atoms with Crippen molar-refractivity contribution in [2.24, 2.45) is 7.05 Å². The summed E-state index contributed by atoms with van der Waals surface area (Å²) in [5.41, 5.74) is 0.369. The van der Waals surface area contributed by atoms with Gasteiger partial charge in [0.1, 0.15) is 17.4 Å². The molecular weight excluding hydrogens is 504 g/mol. The van der Waals surface area contributed by atoms with Crippen molar-refractivity contribution in [2.75, 3.05) is 18.2 Å². The summed E-state index contributed by atoms with van der Waals surface area (Å²) in [7, 11) is 3.14. The molecule has 2 heterocycles. The van der Waals surface area contributed by atoms with E-state index in [0.29, 0.717) is 21.5 Å². The highest BCUT2D eigenvalue weighted by Gasteiger charge is 2.19. The number of benzene rings is 1. The Morgan fingerprint density at radius 1 is 1.26 bits per heavy atom.